The number of benzene rings is 1. The van der Waals surface area contributed by atoms with Gasteiger partial charge in [-0.1, -0.05) is 30.3 Å². The minimum absolute atomic E-state index is 0.482. The van der Waals surface area contributed by atoms with Gasteiger partial charge in [0.1, 0.15) is 0 Å². The van der Waals surface area contributed by atoms with Crippen LogP contribution in [-0.4, -0.2) is 37.4 Å². The van der Waals surface area contributed by atoms with Crippen LogP contribution in [0.15, 0.2) is 30.3 Å². The number of carbonyl (C=O) groups is 2. The van der Waals surface area contributed by atoms with Gasteiger partial charge in [-0.3, -0.25) is 0 Å². The van der Waals surface area contributed by atoms with Crippen molar-refractivity contribution in [2.24, 2.45) is 0 Å². The molecule has 110 valence electrons. The number of unbranched alkanes of at least 4 members (excludes halogenated alkanes) is 1. The van der Waals surface area contributed by atoms with Crippen molar-refractivity contribution in [3.63, 3.8) is 0 Å². The molecule has 6 heteroatoms. The third-order valence-electron chi connectivity index (χ3n) is 2.72. The van der Waals surface area contributed by atoms with E-state index in [1.165, 1.54) is 0 Å². The molecule has 0 aliphatic rings. The molecule has 2 amide bonds. The van der Waals surface area contributed by atoms with Gasteiger partial charge in [0, 0.05) is 20.3 Å². The number of aliphatic carboxylic acids is 1. The Morgan fingerprint density at radius 3 is 2.55 bits per heavy atom. The molecular weight excluding hydrogens is 260 g/mol. The molecule has 3 N–H and O–H groups in total. The highest BCUT2D eigenvalue weighted by Crippen LogP contribution is 2.12. The van der Waals surface area contributed by atoms with Crippen molar-refractivity contribution in [1.82, 2.24) is 10.6 Å². The molecule has 0 aliphatic heterocycles. The summed E-state index contributed by atoms with van der Waals surface area (Å²) >= 11 is 0. The second-order valence-corrected chi connectivity index (χ2v) is 4.28. The summed E-state index contributed by atoms with van der Waals surface area (Å²) in [6.07, 6.45) is 1.63. The molecule has 0 aromatic heterocycles. The van der Waals surface area contributed by atoms with Crippen LogP contribution >= 0.6 is 0 Å². The van der Waals surface area contributed by atoms with Crippen LogP contribution in [0.2, 0.25) is 0 Å². The Balaban J connectivity index is 2.43. The SMILES string of the molecule is COCCCCNC(=O)NC(C(=O)O)c1ccccc1. The fourth-order valence-electron chi connectivity index (χ4n) is 1.69. The first kappa shape index (κ1) is 16.0. The van der Waals surface area contributed by atoms with E-state index in [2.05, 4.69) is 10.6 Å². The Bertz CT molecular complexity index is 422. The number of hydrogen-bond acceptors (Lipinski definition) is 3. The molecular formula is C14H20N2O4. The number of hydrogen-bond donors (Lipinski definition) is 3. The lowest BCUT2D eigenvalue weighted by atomic mass is 10.1. The van der Waals surface area contributed by atoms with Gasteiger partial charge in [0.25, 0.3) is 0 Å². The Labute approximate surface area is 118 Å². The zero-order chi connectivity index (χ0) is 14.8. The molecule has 0 saturated carbocycles. The molecule has 0 heterocycles. The smallest absolute Gasteiger partial charge is 0.330 e. The number of rotatable bonds is 8. The molecule has 1 aromatic rings. The number of amides is 2. The Hall–Kier alpha value is -2.08. The third-order valence-corrected chi connectivity index (χ3v) is 2.72. The molecule has 20 heavy (non-hydrogen) atoms. The second kappa shape index (κ2) is 8.92. The molecule has 1 aromatic carbocycles. The van der Waals surface area contributed by atoms with Gasteiger partial charge in [-0.2, -0.15) is 0 Å². The van der Waals surface area contributed by atoms with E-state index in [4.69, 9.17) is 9.84 Å². The first-order valence-corrected chi connectivity index (χ1v) is 6.46. The summed E-state index contributed by atoms with van der Waals surface area (Å²) in [6.45, 7) is 1.13. The van der Waals surface area contributed by atoms with Gasteiger partial charge in [-0.25, -0.2) is 9.59 Å². The van der Waals surface area contributed by atoms with Gasteiger partial charge in [0.15, 0.2) is 6.04 Å². The molecule has 0 radical (unpaired) electrons. The monoisotopic (exact) mass is 280 g/mol. The number of methoxy groups -OCH3 is 1. The van der Waals surface area contributed by atoms with Crippen LogP contribution in [0.25, 0.3) is 0 Å². The summed E-state index contributed by atoms with van der Waals surface area (Å²) in [5.74, 6) is -1.09. The second-order valence-electron chi connectivity index (χ2n) is 4.28. The van der Waals surface area contributed by atoms with Crippen molar-refractivity contribution in [2.45, 2.75) is 18.9 Å². The van der Waals surface area contributed by atoms with E-state index in [1.54, 1.807) is 37.4 Å². The van der Waals surface area contributed by atoms with Crippen LogP contribution in [0.5, 0.6) is 0 Å². The fourth-order valence-corrected chi connectivity index (χ4v) is 1.69. The molecule has 0 aliphatic carbocycles. The van der Waals surface area contributed by atoms with Crippen LogP contribution in [0.1, 0.15) is 24.4 Å². The van der Waals surface area contributed by atoms with Crippen molar-refractivity contribution >= 4 is 12.0 Å². The first-order valence-electron chi connectivity index (χ1n) is 6.46. The van der Waals surface area contributed by atoms with E-state index < -0.39 is 18.0 Å². The zero-order valence-corrected chi connectivity index (χ0v) is 11.5. The van der Waals surface area contributed by atoms with Crippen molar-refractivity contribution < 1.29 is 19.4 Å². The first-order chi connectivity index (χ1) is 9.65. The summed E-state index contributed by atoms with van der Waals surface area (Å²) in [5.41, 5.74) is 0.537. The van der Waals surface area contributed by atoms with Crippen LogP contribution in [0.4, 0.5) is 4.79 Å². The van der Waals surface area contributed by atoms with Gasteiger partial charge in [0.05, 0.1) is 0 Å². The molecule has 0 saturated heterocycles. The van der Waals surface area contributed by atoms with Gasteiger partial charge in [-0.05, 0) is 18.4 Å². The lowest BCUT2D eigenvalue weighted by Gasteiger charge is -2.15. The molecule has 6 nitrogen and oxygen atoms in total. The average Bonchev–Trinajstić information content (AvgIpc) is 2.45. The zero-order valence-electron chi connectivity index (χ0n) is 11.5. The molecule has 1 unspecified atom stereocenters. The highest BCUT2D eigenvalue weighted by Gasteiger charge is 2.21. The predicted molar refractivity (Wildman–Crippen MR) is 74.5 cm³/mol. The Morgan fingerprint density at radius 2 is 1.95 bits per heavy atom. The van der Waals surface area contributed by atoms with E-state index >= 15 is 0 Å². The quantitative estimate of drug-likeness (QED) is 0.630. The minimum atomic E-state index is -1.09. The Kier molecular flexibility index (Phi) is 7.13. The van der Waals surface area contributed by atoms with Crippen LogP contribution in [0, 0.1) is 0 Å². The lowest BCUT2D eigenvalue weighted by Crippen LogP contribution is -2.41. The van der Waals surface area contributed by atoms with Crippen LogP contribution in [0.3, 0.4) is 0 Å². The van der Waals surface area contributed by atoms with E-state index in [9.17, 15) is 9.59 Å². The van der Waals surface area contributed by atoms with Crippen LogP contribution < -0.4 is 10.6 Å². The molecule has 1 atom stereocenters. The summed E-state index contributed by atoms with van der Waals surface area (Å²) in [6, 6.07) is 7.05. The van der Waals surface area contributed by atoms with Gasteiger partial charge in [0.2, 0.25) is 0 Å². The standard InChI is InChI=1S/C14H20N2O4/c1-20-10-6-5-9-15-14(19)16-12(13(17)18)11-7-3-2-4-8-11/h2-4,7-8,12H,5-6,9-10H2,1H3,(H,17,18)(H2,15,16,19). The number of ether oxygens (including phenoxy) is 1. The fraction of sp³-hybridized carbons (Fsp3) is 0.429. The Morgan fingerprint density at radius 1 is 1.25 bits per heavy atom. The maximum Gasteiger partial charge on any atom is 0.330 e. The largest absolute Gasteiger partial charge is 0.479 e. The molecule has 1 rings (SSSR count). The third kappa shape index (κ3) is 5.71. The number of carbonyl (C=O) groups excluding carboxylic acids is 1. The van der Waals surface area contributed by atoms with Crippen molar-refractivity contribution in [2.75, 3.05) is 20.3 Å². The highest BCUT2D eigenvalue weighted by molar-refractivity contribution is 5.83. The predicted octanol–water partition coefficient (Wildman–Crippen LogP) is 1.54. The lowest BCUT2D eigenvalue weighted by molar-refractivity contribution is -0.139. The van der Waals surface area contributed by atoms with E-state index in [1.807, 2.05) is 0 Å². The van der Waals surface area contributed by atoms with Crippen molar-refractivity contribution in [1.29, 1.82) is 0 Å². The van der Waals surface area contributed by atoms with E-state index in [-0.39, 0.29) is 0 Å². The summed E-state index contributed by atoms with van der Waals surface area (Å²) < 4.78 is 4.90. The molecule has 0 bridgehead atoms. The van der Waals surface area contributed by atoms with E-state index in [0.717, 1.165) is 12.8 Å². The molecule has 0 spiro atoms. The van der Waals surface area contributed by atoms with Gasteiger partial charge < -0.3 is 20.5 Å². The minimum Gasteiger partial charge on any atom is -0.479 e. The normalized spacial score (nSPS) is 11.7. The topological polar surface area (TPSA) is 87.7 Å². The highest BCUT2D eigenvalue weighted by atomic mass is 16.5. The summed E-state index contributed by atoms with van der Waals surface area (Å²) in [5, 5.41) is 14.2. The van der Waals surface area contributed by atoms with Crippen molar-refractivity contribution in [3.8, 4) is 0 Å². The van der Waals surface area contributed by atoms with Crippen LogP contribution in [-0.2, 0) is 9.53 Å². The maximum atomic E-state index is 11.6. The van der Waals surface area contributed by atoms with Gasteiger partial charge in [-0.15, -0.1) is 0 Å². The van der Waals surface area contributed by atoms with Crippen molar-refractivity contribution in [3.05, 3.63) is 35.9 Å². The number of carboxylic acid groups (broad SMARTS) is 1. The number of nitrogens with one attached hydrogen (secondary N) is 2. The maximum absolute atomic E-state index is 11.6. The summed E-state index contributed by atoms with van der Waals surface area (Å²) in [7, 11) is 1.62. The van der Waals surface area contributed by atoms with E-state index in [0.29, 0.717) is 18.7 Å². The summed E-state index contributed by atoms with van der Waals surface area (Å²) in [4.78, 5) is 22.8. The number of carboxylic acids is 1. The van der Waals surface area contributed by atoms with Gasteiger partial charge >= 0.3 is 12.0 Å². The number of urea groups is 1. The molecule has 0 fully saturated rings. The average molecular weight is 280 g/mol.